The molecule has 0 spiro atoms. The maximum Gasteiger partial charge on any atom is 0.307 e. The van der Waals surface area contributed by atoms with Crippen molar-refractivity contribution in [2.45, 2.75) is 6.42 Å². The van der Waals surface area contributed by atoms with E-state index in [-0.39, 0.29) is 6.42 Å². The van der Waals surface area contributed by atoms with Crippen molar-refractivity contribution in [3.8, 4) is 0 Å². The van der Waals surface area contributed by atoms with Gasteiger partial charge in [-0.05, 0) is 5.57 Å². The molecule has 0 saturated heterocycles. The summed E-state index contributed by atoms with van der Waals surface area (Å²) in [5.74, 6) is -0.854. The van der Waals surface area contributed by atoms with Crippen molar-refractivity contribution in [1.29, 1.82) is 0 Å². The van der Waals surface area contributed by atoms with Gasteiger partial charge in [0.05, 0.1) is 6.42 Å². The molecule has 0 saturated carbocycles. The third kappa shape index (κ3) is 3.66. The molecule has 0 radical (unpaired) electrons. The van der Waals surface area contributed by atoms with Gasteiger partial charge < -0.3 is 5.11 Å². The number of carbonyl (C=O) groups is 1. The van der Waals surface area contributed by atoms with Gasteiger partial charge in [0.25, 0.3) is 0 Å². The number of aliphatic carboxylic acids is 1. The Morgan fingerprint density at radius 3 is 2.40 bits per heavy atom. The Balaban J connectivity index is 4.08. The minimum atomic E-state index is -0.854. The first-order valence-electron chi connectivity index (χ1n) is 2.86. The van der Waals surface area contributed by atoms with E-state index in [0.717, 1.165) is 0 Å². The van der Waals surface area contributed by atoms with Crippen LogP contribution in [-0.4, -0.2) is 11.1 Å². The van der Waals surface area contributed by atoms with E-state index in [9.17, 15) is 4.79 Å². The van der Waals surface area contributed by atoms with Gasteiger partial charge in [0.15, 0.2) is 0 Å². The van der Waals surface area contributed by atoms with Crippen LogP contribution in [0.2, 0.25) is 0 Å². The number of carboxylic acid groups (broad SMARTS) is 1. The van der Waals surface area contributed by atoms with Crippen LogP contribution < -0.4 is 0 Å². The Morgan fingerprint density at radius 1 is 1.50 bits per heavy atom. The largest absolute Gasteiger partial charge is 0.481 e. The first-order valence-corrected chi connectivity index (χ1v) is 2.86. The maximum absolute atomic E-state index is 10.1. The van der Waals surface area contributed by atoms with Crippen molar-refractivity contribution < 1.29 is 9.90 Å². The van der Waals surface area contributed by atoms with Crippen LogP contribution in [0.15, 0.2) is 37.0 Å². The fourth-order valence-electron chi connectivity index (χ4n) is 0.525. The summed E-state index contributed by atoms with van der Waals surface area (Å²) in [4.78, 5) is 10.1. The van der Waals surface area contributed by atoms with Gasteiger partial charge in [-0.25, -0.2) is 0 Å². The lowest BCUT2D eigenvalue weighted by atomic mass is 10.2. The molecule has 0 atom stereocenters. The van der Waals surface area contributed by atoms with E-state index in [0.29, 0.717) is 5.57 Å². The Labute approximate surface area is 60.2 Å². The van der Waals surface area contributed by atoms with Gasteiger partial charge in [-0.1, -0.05) is 31.4 Å². The predicted molar refractivity (Wildman–Crippen MR) is 40.7 cm³/mol. The smallest absolute Gasteiger partial charge is 0.307 e. The number of hydrogen-bond acceptors (Lipinski definition) is 1. The lowest BCUT2D eigenvalue weighted by Crippen LogP contribution is -1.94. The van der Waals surface area contributed by atoms with Crippen LogP contribution in [0.4, 0.5) is 0 Å². The van der Waals surface area contributed by atoms with E-state index in [4.69, 9.17) is 5.11 Å². The average Bonchev–Trinajstić information content (AvgIpc) is 1.86. The van der Waals surface area contributed by atoms with Crippen LogP contribution >= 0.6 is 0 Å². The first-order chi connectivity index (χ1) is 4.70. The standard InChI is InChI=1S/C8H10O2/c1-3-5-7(4-2)6-8(9)10/h3-5H,1-2,6H2,(H,9,10)/b7-5+. The Kier molecular flexibility index (Phi) is 3.96. The van der Waals surface area contributed by atoms with Crippen molar-refractivity contribution in [1.82, 2.24) is 0 Å². The molecule has 0 aromatic carbocycles. The molecule has 0 amide bonds. The Hall–Kier alpha value is -1.31. The molecule has 0 aliphatic carbocycles. The summed E-state index contributed by atoms with van der Waals surface area (Å²) in [5.41, 5.74) is 0.669. The molecule has 2 nitrogen and oxygen atoms in total. The number of rotatable bonds is 4. The maximum atomic E-state index is 10.1. The fraction of sp³-hybridized carbons (Fsp3) is 0.125. The number of hydrogen-bond donors (Lipinski definition) is 1. The summed E-state index contributed by atoms with van der Waals surface area (Å²) in [6, 6.07) is 0. The van der Waals surface area contributed by atoms with Crippen LogP contribution in [0.1, 0.15) is 6.42 Å². The summed E-state index contributed by atoms with van der Waals surface area (Å²) in [6.45, 7) is 6.89. The van der Waals surface area contributed by atoms with Gasteiger partial charge >= 0.3 is 5.97 Å². The van der Waals surface area contributed by atoms with Crippen LogP contribution in [0, 0.1) is 0 Å². The summed E-state index contributed by atoms with van der Waals surface area (Å²) in [7, 11) is 0. The summed E-state index contributed by atoms with van der Waals surface area (Å²) in [6.07, 6.45) is 4.69. The van der Waals surface area contributed by atoms with Gasteiger partial charge in [-0.3, -0.25) is 4.79 Å². The lowest BCUT2D eigenvalue weighted by molar-refractivity contribution is -0.136. The van der Waals surface area contributed by atoms with Crippen molar-refractivity contribution in [3.63, 3.8) is 0 Å². The van der Waals surface area contributed by atoms with E-state index in [1.165, 1.54) is 6.08 Å². The monoisotopic (exact) mass is 138 g/mol. The van der Waals surface area contributed by atoms with Crippen LogP contribution in [0.3, 0.4) is 0 Å². The molecule has 2 heteroatoms. The van der Waals surface area contributed by atoms with E-state index < -0.39 is 5.97 Å². The van der Waals surface area contributed by atoms with E-state index in [2.05, 4.69) is 13.2 Å². The molecule has 0 aromatic rings. The van der Waals surface area contributed by atoms with Crippen LogP contribution in [-0.2, 0) is 4.79 Å². The second kappa shape index (κ2) is 4.56. The van der Waals surface area contributed by atoms with Gasteiger partial charge in [-0.15, -0.1) is 0 Å². The Morgan fingerprint density at radius 2 is 2.10 bits per heavy atom. The van der Waals surface area contributed by atoms with Crippen molar-refractivity contribution in [2.75, 3.05) is 0 Å². The molecule has 0 aliphatic rings. The normalized spacial score (nSPS) is 10.6. The molecule has 1 N–H and O–H groups in total. The zero-order chi connectivity index (χ0) is 7.98. The molecule has 54 valence electrons. The number of carboxylic acids is 1. The van der Waals surface area contributed by atoms with Gasteiger partial charge in [0.2, 0.25) is 0 Å². The molecule has 0 bridgehead atoms. The molecule has 0 rings (SSSR count). The SMILES string of the molecule is C=C/C=C(\C=C)CC(=O)O. The highest BCUT2D eigenvalue weighted by Crippen LogP contribution is 2.01. The van der Waals surface area contributed by atoms with Gasteiger partial charge in [-0.2, -0.15) is 0 Å². The summed E-state index contributed by atoms with van der Waals surface area (Å²) in [5, 5.41) is 8.32. The van der Waals surface area contributed by atoms with Crippen molar-refractivity contribution >= 4 is 5.97 Å². The highest BCUT2D eigenvalue weighted by Gasteiger charge is 1.97. The predicted octanol–water partition coefficient (Wildman–Crippen LogP) is 1.76. The third-order valence-corrected chi connectivity index (χ3v) is 0.949. The molecule has 10 heavy (non-hydrogen) atoms. The zero-order valence-corrected chi connectivity index (χ0v) is 5.71. The van der Waals surface area contributed by atoms with Crippen molar-refractivity contribution in [3.05, 3.63) is 37.0 Å². The third-order valence-electron chi connectivity index (χ3n) is 0.949. The summed E-state index contributed by atoms with van der Waals surface area (Å²) < 4.78 is 0. The molecule has 0 heterocycles. The molecule has 0 fully saturated rings. The van der Waals surface area contributed by atoms with Crippen LogP contribution in [0.25, 0.3) is 0 Å². The quantitative estimate of drug-likeness (QED) is 0.601. The van der Waals surface area contributed by atoms with E-state index in [1.54, 1.807) is 12.2 Å². The highest BCUT2D eigenvalue weighted by atomic mass is 16.4. The topological polar surface area (TPSA) is 37.3 Å². The van der Waals surface area contributed by atoms with Crippen LogP contribution in [0.5, 0.6) is 0 Å². The van der Waals surface area contributed by atoms with Crippen molar-refractivity contribution in [2.24, 2.45) is 0 Å². The minimum Gasteiger partial charge on any atom is -0.481 e. The first kappa shape index (κ1) is 8.69. The minimum absolute atomic E-state index is 0.00944. The highest BCUT2D eigenvalue weighted by molar-refractivity contribution is 5.71. The average molecular weight is 138 g/mol. The molecule has 0 aliphatic heterocycles. The second-order valence-electron chi connectivity index (χ2n) is 1.75. The Bertz CT molecular complexity index is 178. The number of allylic oxidation sites excluding steroid dienone is 3. The fourth-order valence-corrected chi connectivity index (χ4v) is 0.525. The molecule has 0 aromatic heterocycles. The lowest BCUT2D eigenvalue weighted by Gasteiger charge is -1.92. The zero-order valence-electron chi connectivity index (χ0n) is 5.71. The summed E-state index contributed by atoms with van der Waals surface area (Å²) >= 11 is 0. The van der Waals surface area contributed by atoms with E-state index in [1.807, 2.05) is 0 Å². The second-order valence-corrected chi connectivity index (χ2v) is 1.75. The molecule has 0 unspecified atom stereocenters. The molecular formula is C8H10O2. The van der Waals surface area contributed by atoms with Gasteiger partial charge in [0.1, 0.15) is 0 Å². The molecular weight excluding hydrogens is 128 g/mol. The van der Waals surface area contributed by atoms with Gasteiger partial charge in [0, 0.05) is 0 Å². The van der Waals surface area contributed by atoms with E-state index >= 15 is 0 Å².